The van der Waals surface area contributed by atoms with Gasteiger partial charge < -0.3 is 10.6 Å². The molecule has 1 unspecified atom stereocenters. The molecule has 0 aliphatic carbocycles. The highest BCUT2D eigenvalue weighted by Gasteiger charge is 2.24. The smallest absolute Gasteiger partial charge is 0.271 e. The first-order chi connectivity index (χ1) is 17.8. The second kappa shape index (κ2) is 11.5. The van der Waals surface area contributed by atoms with Gasteiger partial charge in [-0.3, -0.25) is 19.7 Å². The van der Waals surface area contributed by atoms with Crippen molar-refractivity contribution in [2.45, 2.75) is 24.0 Å². The Morgan fingerprint density at radius 2 is 1.54 bits per heavy atom. The Hall–Kier alpha value is -4.43. The second-order valence-corrected chi connectivity index (χ2v) is 9.63. The molecule has 0 spiro atoms. The maximum absolute atomic E-state index is 13.5. The highest BCUT2D eigenvalue weighted by molar-refractivity contribution is 8.00. The number of anilines is 2. The minimum absolute atomic E-state index is 0.0955. The second-order valence-electron chi connectivity index (χ2n) is 8.45. The fourth-order valence-corrected chi connectivity index (χ4v) is 4.85. The van der Waals surface area contributed by atoms with Crippen molar-refractivity contribution in [3.8, 4) is 0 Å². The fraction of sp³-hybridized carbons (Fsp3) is 0.103. The van der Waals surface area contributed by atoms with E-state index in [9.17, 15) is 19.7 Å². The molecule has 0 aliphatic heterocycles. The molecule has 4 aromatic carbocycles. The molecule has 7 nitrogen and oxygen atoms in total. The number of hydrogen-bond acceptors (Lipinski definition) is 5. The summed E-state index contributed by atoms with van der Waals surface area (Å²) in [6.45, 7) is 3.66. The van der Waals surface area contributed by atoms with E-state index >= 15 is 0 Å². The van der Waals surface area contributed by atoms with Crippen molar-refractivity contribution in [2.24, 2.45) is 0 Å². The first-order valence-corrected chi connectivity index (χ1v) is 12.4. The predicted molar refractivity (Wildman–Crippen MR) is 147 cm³/mol. The molecule has 186 valence electrons. The number of aryl methyl sites for hydroxylation is 2. The summed E-state index contributed by atoms with van der Waals surface area (Å²) in [5, 5.41) is 16.4. The molecule has 2 N–H and O–H groups in total. The van der Waals surface area contributed by atoms with Gasteiger partial charge in [-0.25, -0.2) is 0 Å². The standard InChI is InChI=1S/C29H25N3O4S/c1-19-9-6-7-14-25(19)28(33)30-22-12-8-13-24(17-22)37-27(21-10-4-3-5-11-21)29(34)31-26-18-23(32(35)36)16-15-20(26)2/h3-18,27H,1-2H3,(H,30,33)(H,31,34). The summed E-state index contributed by atoms with van der Waals surface area (Å²) in [5.74, 6) is -0.520. The van der Waals surface area contributed by atoms with Gasteiger partial charge in [-0.15, -0.1) is 11.8 Å². The van der Waals surface area contributed by atoms with E-state index in [1.807, 2.05) is 73.7 Å². The molecule has 4 rings (SSSR count). The third kappa shape index (κ3) is 6.42. The molecular weight excluding hydrogens is 486 g/mol. The van der Waals surface area contributed by atoms with Crippen LogP contribution in [-0.4, -0.2) is 16.7 Å². The molecule has 1 atom stereocenters. The summed E-state index contributed by atoms with van der Waals surface area (Å²) in [6.07, 6.45) is 0. The molecule has 0 aromatic heterocycles. The first kappa shape index (κ1) is 25.7. The van der Waals surface area contributed by atoms with Crippen LogP contribution in [0.1, 0.15) is 32.3 Å². The SMILES string of the molecule is Cc1ccc([N+](=O)[O-])cc1NC(=O)C(Sc1cccc(NC(=O)c2ccccc2C)c1)c1ccccc1. The molecule has 8 heteroatoms. The number of benzene rings is 4. The largest absolute Gasteiger partial charge is 0.324 e. The zero-order chi connectivity index (χ0) is 26.4. The lowest BCUT2D eigenvalue weighted by Gasteiger charge is -2.18. The van der Waals surface area contributed by atoms with E-state index in [0.717, 1.165) is 21.6 Å². The number of nitrogens with one attached hydrogen (secondary N) is 2. The molecule has 37 heavy (non-hydrogen) atoms. The number of nitro benzene ring substituents is 1. The normalized spacial score (nSPS) is 11.4. The van der Waals surface area contributed by atoms with Crippen LogP contribution in [0.15, 0.2) is 102 Å². The van der Waals surface area contributed by atoms with Gasteiger partial charge in [-0.1, -0.05) is 60.7 Å². The molecule has 2 amide bonds. The van der Waals surface area contributed by atoms with Crippen molar-refractivity contribution in [1.82, 2.24) is 0 Å². The van der Waals surface area contributed by atoms with Crippen LogP contribution in [0.25, 0.3) is 0 Å². The van der Waals surface area contributed by atoms with E-state index in [1.165, 1.54) is 23.9 Å². The third-order valence-corrected chi connectivity index (χ3v) is 7.01. The van der Waals surface area contributed by atoms with Crippen LogP contribution in [0.2, 0.25) is 0 Å². The Balaban J connectivity index is 1.58. The highest BCUT2D eigenvalue weighted by Crippen LogP contribution is 2.37. The lowest BCUT2D eigenvalue weighted by Crippen LogP contribution is -2.19. The fourth-order valence-electron chi connectivity index (χ4n) is 3.77. The number of amides is 2. The number of nitrogens with zero attached hydrogens (tertiary/aromatic N) is 1. The lowest BCUT2D eigenvalue weighted by atomic mass is 10.1. The van der Waals surface area contributed by atoms with Gasteiger partial charge in [0.25, 0.3) is 11.6 Å². The van der Waals surface area contributed by atoms with Crippen LogP contribution >= 0.6 is 11.8 Å². The Kier molecular flexibility index (Phi) is 8.00. The number of nitro groups is 1. The zero-order valence-electron chi connectivity index (χ0n) is 20.3. The number of hydrogen-bond donors (Lipinski definition) is 2. The van der Waals surface area contributed by atoms with Crippen LogP contribution in [0.5, 0.6) is 0 Å². The van der Waals surface area contributed by atoms with Crippen LogP contribution in [0.3, 0.4) is 0 Å². The van der Waals surface area contributed by atoms with E-state index in [-0.39, 0.29) is 17.5 Å². The van der Waals surface area contributed by atoms with Crippen LogP contribution in [0, 0.1) is 24.0 Å². The summed E-state index contributed by atoms with van der Waals surface area (Å²) < 4.78 is 0. The Labute approximate surface area is 219 Å². The molecule has 0 saturated heterocycles. The monoisotopic (exact) mass is 511 g/mol. The lowest BCUT2D eigenvalue weighted by molar-refractivity contribution is -0.384. The molecule has 0 aliphatic rings. The molecular formula is C29H25N3O4S. The van der Waals surface area contributed by atoms with Crippen molar-refractivity contribution < 1.29 is 14.5 Å². The van der Waals surface area contributed by atoms with Gasteiger partial charge >= 0.3 is 0 Å². The van der Waals surface area contributed by atoms with Gasteiger partial charge in [0.2, 0.25) is 5.91 Å². The third-order valence-electron chi connectivity index (χ3n) is 5.77. The molecule has 0 radical (unpaired) electrons. The Bertz CT molecular complexity index is 1460. The van der Waals surface area contributed by atoms with E-state index in [0.29, 0.717) is 16.9 Å². The summed E-state index contributed by atoms with van der Waals surface area (Å²) in [7, 11) is 0. The van der Waals surface area contributed by atoms with Crippen LogP contribution in [0.4, 0.5) is 17.1 Å². The van der Waals surface area contributed by atoms with Crippen molar-refractivity contribution >= 4 is 40.6 Å². The molecule has 0 fully saturated rings. The Morgan fingerprint density at radius 1 is 0.811 bits per heavy atom. The number of carbonyl (C=O) groups excluding carboxylic acids is 2. The Morgan fingerprint density at radius 3 is 2.27 bits per heavy atom. The molecule has 4 aromatic rings. The van der Waals surface area contributed by atoms with Crippen LogP contribution < -0.4 is 10.6 Å². The summed E-state index contributed by atoms with van der Waals surface area (Å²) in [4.78, 5) is 37.8. The van der Waals surface area contributed by atoms with Gasteiger partial charge in [0, 0.05) is 28.3 Å². The number of rotatable bonds is 8. The molecule has 0 heterocycles. The summed E-state index contributed by atoms with van der Waals surface area (Å²) >= 11 is 1.33. The minimum atomic E-state index is -0.637. The average Bonchev–Trinajstić information content (AvgIpc) is 2.89. The predicted octanol–water partition coefficient (Wildman–Crippen LogP) is 6.94. The average molecular weight is 512 g/mol. The molecule has 0 saturated carbocycles. The van der Waals surface area contributed by atoms with Crippen molar-refractivity contribution in [1.29, 1.82) is 0 Å². The zero-order valence-corrected chi connectivity index (χ0v) is 21.1. The van der Waals surface area contributed by atoms with Gasteiger partial charge in [-0.2, -0.15) is 0 Å². The maximum atomic E-state index is 13.5. The van der Waals surface area contributed by atoms with E-state index in [1.54, 1.807) is 25.1 Å². The van der Waals surface area contributed by atoms with Gasteiger partial charge in [0.05, 0.1) is 10.6 Å². The number of non-ortho nitro benzene ring substituents is 1. The first-order valence-electron chi connectivity index (χ1n) is 11.6. The van der Waals surface area contributed by atoms with Crippen molar-refractivity contribution in [2.75, 3.05) is 10.6 Å². The van der Waals surface area contributed by atoms with Crippen molar-refractivity contribution in [3.63, 3.8) is 0 Å². The summed E-state index contributed by atoms with van der Waals surface area (Å²) in [5.41, 5.74) is 3.87. The van der Waals surface area contributed by atoms with Gasteiger partial charge in [-0.05, 0) is 54.8 Å². The minimum Gasteiger partial charge on any atom is -0.324 e. The van der Waals surface area contributed by atoms with Gasteiger partial charge in [0.15, 0.2) is 0 Å². The highest BCUT2D eigenvalue weighted by atomic mass is 32.2. The topological polar surface area (TPSA) is 101 Å². The van der Waals surface area contributed by atoms with Crippen LogP contribution in [-0.2, 0) is 4.79 Å². The van der Waals surface area contributed by atoms with E-state index in [4.69, 9.17) is 0 Å². The van der Waals surface area contributed by atoms with Crippen molar-refractivity contribution in [3.05, 3.63) is 129 Å². The van der Waals surface area contributed by atoms with E-state index < -0.39 is 10.2 Å². The maximum Gasteiger partial charge on any atom is 0.271 e. The quantitative estimate of drug-likeness (QED) is 0.152. The summed E-state index contributed by atoms with van der Waals surface area (Å²) in [6, 6.07) is 28.4. The number of thioether (sulfide) groups is 1. The number of carbonyl (C=O) groups is 2. The van der Waals surface area contributed by atoms with E-state index in [2.05, 4.69) is 10.6 Å². The molecule has 0 bridgehead atoms. The van der Waals surface area contributed by atoms with Gasteiger partial charge in [0.1, 0.15) is 5.25 Å².